The molecule has 0 aromatic carbocycles. The molecule has 0 aliphatic carbocycles. The Labute approximate surface area is 67.8 Å². The van der Waals surface area contributed by atoms with Gasteiger partial charge in [0.2, 0.25) is 0 Å². The highest BCUT2D eigenvalue weighted by Gasteiger charge is 2.10. The Hall–Kier alpha value is 0.110. The molecule has 0 spiro atoms. The molecule has 0 aliphatic rings. The molecule has 0 fully saturated rings. The van der Waals surface area contributed by atoms with Crippen LogP contribution in [0.2, 0.25) is 0 Å². The van der Waals surface area contributed by atoms with E-state index in [1.165, 1.54) is 19.8 Å². The van der Waals surface area contributed by atoms with Crippen molar-refractivity contribution < 1.29 is 18.9 Å². The Kier molecular flexibility index (Phi) is 10.2. The van der Waals surface area contributed by atoms with Crippen LogP contribution in [-0.4, -0.2) is 16.4 Å². The first-order valence-corrected chi connectivity index (χ1v) is 5.21. The molecule has 0 heterocycles. The lowest BCUT2D eigenvalue weighted by atomic mass is 10.4. The third kappa shape index (κ3) is 25.5. The van der Waals surface area contributed by atoms with E-state index in [1.807, 2.05) is 0 Å². The maximum atomic E-state index is 9.70. The van der Waals surface area contributed by atoms with E-state index in [-0.39, 0.29) is 6.61 Å². The van der Waals surface area contributed by atoms with Crippen molar-refractivity contribution in [3.05, 3.63) is 0 Å². The van der Waals surface area contributed by atoms with E-state index >= 15 is 0 Å². The average Bonchev–Trinajstić information content (AvgIpc) is 1.86. The Bertz CT molecular complexity index is 107. The van der Waals surface area contributed by atoms with Crippen molar-refractivity contribution in [3.8, 4) is 0 Å². The Morgan fingerprint density at radius 2 is 1.55 bits per heavy atom. The fourth-order valence-electron chi connectivity index (χ4n) is 0.168. The molecule has 0 aliphatic heterocycles. The van der Waals surface area contributed by atoms with Crippen LogP contribution in [0.4, 0.5) is 0 Å². The zero-order chi connectivity index (χ0) is 9.33. The molecule has 5 heteroatoms. The molecule has 0 rings (SSSR count). The van der Waals surface area contributed by atoms with E-state index in [1.54, 1.807) is 0 Å². The summed E-state index contributed by atoms with van der Waals surface area (Å²) in [6.45, 7) is 5.92. The smallest absolute Gasteiger partial charge is 0.303 e. The van der Waals surface area contributed by atoms with E-state index in [4.69, 9.17) is 9.79 Å². The third-order valence-electron chi connectivity index (χ3n) is 0.797. The standard InChI is InChI=1S/C4H10.C2H7O4P/c1-3-4-2;1-2-6-7(3,4)5/h3-4H2,1-2H3;2H2,1H3,(H2,3,4,5). The Morgan fingerprint density at radius 1 is 1.18 bits per heavy atom. The summed E-state index contributed by atoms with van der Waals surface area (Å²) in [6.07, 6.45) is 2.64. The lowest BCUT2D eigenvalue weighted by Gasteiger charge is -1.98. The van der Waals surface area contributed by atoms with Crippen LogP contribution in [0.5, 0.6) is 0 Å². The molecule has 0 amide bonds. The maximum Gasteiger partial charge on any atom is 0.469 e. The number of hydrogen-bond donors (Lipinski definition) is 2. The van der Waals surface area contributed by atoms with Crippen LogP contribution in [0, 0.1) is 0 Å². The first-order valence-electron chi connectivity index (χ1n) is 3.68. The average molecular weight is 184 g/mol. The maximum absolute atomic E-state index is 9.70. The predicted molar refractivity (Wildman–Crippen MR) is 44.3 cm³/mol. The molecule has 0 unspecified atom stereocenters. The van der Waals surface area contributed by atoms with E-state index in [9.17, 15) is 4.57 Å². The van der Waals surface area contributed by atoms with Gasteiger partial charge in [0.05, 0.1) is 6.61 Å². The number of rotatable bonds is 3. The fourth-order valence-corrected chi connectivity index (χ4v) is 0.505. The van der Waals surface area contributed by atoms with E-state index in [2.05, 4.69) is 18.4 Å². The van der Waals surface area contributed by atoms with Crippen LogP contribution in [-0.2, 0) is 9.09 Å². The summed E-state index contributed by atoms with van der Waals surface area (Å²) in [5.41, 5.74) is 0. The summed E-state index contributed by atoms with van der Waals surface area (Å²) >= 11 is 0. The van der Waals surface area contributed by atoms with Crippen molar-refractivity contribution in [1.82, 2.24) is 0 Å². The molecule has 0 saturated heterocycles. The second-order valence-electron chi connectivity index (χ2n) is 1.91. The highest BCUT2D eigenvalue weighted by molar-refractivity contribution is 7.46. The lowest BCUT2D eigenvalue weighted by molar-refractivity contribution is 0.206. The van der Waals surface area contributed by atoms with E-state index < -0.39 is 7.82 Å². The molecule has 70 valence electrons. The SMILES string of the molecule is CCCC.CCOP(=O)(O)O. The van der Waals surface area contributed by atoms with Gasteiger partial charge in [-0.2, -0.15) is 0 Å². The van der Waals surface area contributed by atoms with Crippen LogP contribution in [0.3, 0.4) is 0 Å². The van der Waals surface area contributed by atoms with Crippen LogP contribution in [0.1, 0.15) is 33.6 Å². The molecular weight excluding hydrogens is 167 g/mol. The van der Waals surface area contributed by atoms with Gasteiger partial charge in [-0.05, 0) is 6.92 Å². The molecule has 2 N–H and O–H groups in total. The monoisotopic (exact) mass is 184 g/mol. The predicted octanol–water partition coefficient (Wildman–Crippen LogP) is 1.92. The van der Waals surface area contributed by atoms with Crippen molar-refractivity contribution in [1.29, 1.82) is 0 Å². The molecule has 4 nitrogen and oxygen atoms in total. The molecular formula is C6H17O4P. The van der Waals surface area contributed by atoms with Gasteiger partial charge in [0.25, 0.3) is 0 Å². The molecule has 11 heavy (non-hydrogen) atoms. The zero-order valence-electron chi connectivity index (χ0n) is 7.28. The second-order valence-corrected chi connectivity index (χ2v) is 3.15. The van der Waals surface area contributed by atoms with Crippen LogP contribution in [0.15, 0.2) is 0 Å². The summed E-state index contributed by atoms with van der Waals surface area (Å²) in [5, 5.41) is 0. The molecule has 0 radical (unpaired) electrons. The van der Waals surface area contributed by atoms with Crippen LogP contribution >= 0.6 is 7.82 Å². The van der Waals surface area contributed by atoms with Crippen molar-refractivity contribution in [2.45, 2.75) is 33.6 Å². The molecule has 0 saturated carbocycles. The molecule has 0 bridgehead atoms. The van der Waals surface area contributed by atoms with Gasteiger partial charge in [0.1, 0.15) is 0 Å². The Balaban J connectivity index is 0. The largest absolute Gasteiger partial charge is 0.469 e. The Morgan fingerprint density at radius 3 is 1.55 bits per heavy atom. The van der Waals surface area contributed by atoms with Crippen LogP contribution in [0.25, 0.3) is 0 Å². The van der Waals surface area contributed by atoms with Gasteiger partial charge in [-0.3, -0.25) is 4.52 Å². The highest BCUT2D eigenvalue weighted by atomic mass is 31.2. The normalized spacial score (nSPS) is 10.3. The fraction of sp³-hybridized carbons (Fsp3) is 1.00. The van der Waals surface area contributed by atoms with Gasteiger partial charge >= 0.3 is 7.82 Å². The summed E-state index contributed by atoms with van der Waals surface area (Å²) in [7, 11) is -4.17. The number of phosphoric acid groups is 1. The number of unbranched alkanes of at least 4 members (excludes halogenated alkanes) is 1. The first kappa shape index (κ1) is 13.7. The molecule has 0 aromatic rings. The van der Waals surface area contributed by atoms with Gasteiger partial charge in [0, 0.05) is 0 Å². The minimum absolute atomic E-state index is 0.0459. The van der Waals surface area contributed by atoms with Gasteiger partial charge in [-0.1, -0.05) is 26.7 Å². The minimum atomic E-state index is -4.17. The topological polar surface area (TPSA) is 66.8 Å². The summed E-state index contributed by atoms with van der Waals surface area (Å²) in [5.74, 6) is 0. The second kappa shape index (κ2) is 8.21. The number of phosphoric ester groups is 1. The summed E-state index contributed by atoms with van der Waals surface area (Å²) in [6, 6.07) is 0. The number of hydrogen-bond acceptors (Lipinski definition) is 2. The van der Waals surface area contributed by atoms with Crippen molar-refractivity contribution in [2.24, 2.45) is 0 Å². The molecule has 0 aromatic heterocycles. The lowest BCUT2D eigenvalue weighted by Crippen LogP contribution is -1.84. The molecule has 0 atom stereocenters. The van der Waals surface area contributed by atoms with Gasteiger partial charge < -0.3 is 9.79 Å². The third-order valence-corrected chi connectivity index (χ3v) is 1.39. The summed E-state index contributed by atoms with van der Waals surface area (Å²) in [4.78, 5) is 15.8. The quantitative estimate of drug-likeness (QED) is 0.657. The van der Waals surface area contributed by atoms with Crippen molar-refractivity contribution in [2.75, 3.05) is 6.61 Å². The van der Waals surface area contributed by atoms with Gasteiger partial charge in [0.15, 0.2) is 0 Å². The van der Waals surface area contributed by atoms with E-state index in [0.717, 1.165) is 0 Å². The van der Waals surface area contributed by atoms with Gasteiger partial charge in [-0.25, -0.2) is 4.57 Å². The first-order chi connectivity index (χ1) is 4.97. The highest BCUT2D eigenvalue weighted by Crippen LogP contribution is 2.34. The van der Waals surface area contributed by atoms with Crippen LogP contribution < -0.4 is 0 Å². The van der Waals surface area contributed by atoms with Crippen molar-refractivity contribution >= 4 is 7.82 Å². The summed E-state index contributed by atoms with van der Waals surface area (Å²) < 4.78 is 13.6. The zero-order valence-corrected chi connectivity index (χ0v) is 8.17. The van der Waals surface area contributed by atoms with Gasteiger partial charge in [-0.15, -0.1) is 0 Å². The van der Waals surface area contributed by atoms with E-state index in [0.29, 0.717) is 0 Å². The van der Waals surface area contributed by atoms with Crippen molar-refractivity contribution in [3.63, 3.8) is 0 Å². The minimum Gasteiger partial charge on any atom is -0.303 e.